The minimum Gasteiger partial charge on any atom is -0.342 e. The van der Waals surface area contributed by atoms with Crippen LogP contribution in [-0.4, -0.2) is 56.3 Å². The van der Waals surface area contributed by atoms with E-state index in [2.05, 4.69) is 6.58 Å². The number of hydrogen-bond acceptors (Lipinski definition) is 3. The van der Waals surface area contributed by atoms with E-state index in [-0.39, 0.29) is 12.1 Å². The van der Waals surface area contributed by atoms with E-state index < -0.39 is 39.3 Å². The summed E-state index contributed by atoms with van der Waals surface area (Å²) in [5, 5.41) is 0. The molecule has 0 saturated carbocycles. The van der Waals surface area contributed by atoms with Crippen molar-refractivity contribution in [3.8, 4) is 0 Å². The van der Waals surface area contributed by atoms with Gasteiger partial charge in [0.05, 0.1) is 12.3 Å². The molecule has 0 atom stereocenters. The Balaban J connectivity index is 4.86. The van der Waals surface area contributed by atoms with Crippen LogP contribution in [0.5, 0.6) is 0 Å². The van der Waals surface area contributed by atoms with Gasteiger partial charge in [-0.3, -0.25) is 13.9 Å². The maximum absolute atomic E-state index is 11.5. The average molecular weight is 315 g/mol. The van der Waals surface area contributed by atoms with Gasteiger partial charge < -0.3 is 24.5 Å². The highest BCUT2D eigenvalue weighted by Gasteiger charge is 2.29. The second-order valence-corrected chi connectivity index (χ2v) is 7.92. The van der Waals surface area contributed by atoms with Crippen LogP contribution in [-0.2, 0) is 13.9 Å². The maximum atomic E-state index is 11.5. The molecule has 0 rings (SSSR count). The van der Waals surface area contributed by atoms with Crippen LogP contribution in [0.4, 0.5) is 0 Å². The van der Waals surface area contributed by atoms with Gasteiger partial charge in [-0.05, 0) is 12.8 Å². The van der Waals surface area contributed by atoms with Gasteiger partial charge in [0, 0.05) is 19.2 Å². The van der Waals surface area contributed by atoms with Crippen molar-refractivity contribution >= 4 is 21.1 Å². The third-order valence-corrected chi connectivity index (χ3v) is 4.22. The number of likely N-dealkylation sites (N-methyl/N-ethyl adjacent to an activating group) is 1. The van der Waals surface area contributed by atoms with Gasteiger partial charge in [-0.15, -0.1) is 0 Å². The molecule has 0 heterocycles. The SMILES string of the molecule is C=C(C)C(=O)N(C)CC(CP(=O)(O)O)CP(=O)(O)O. The van der Waals surface area contributed by atoms with Gasteiger partial charge in [0.2, 0.25) is 5.91 Å². The smallest absolute Gasteiger partial charge is 0.325 e. The molecule has 0 aliphatic rings. The fourth-order valence-corrected chi connectivity index (χ4v) is 3.68. The van der Waals surface area contributed by atoms with E-state index in [0.717, 1.165) is 4.90 Å². The van der Waals surface area contributed by atoms with Crippen molar-refractivity contribution in [1.82, 2.24) is 4.90 Å². The summed E-state index contributed by atoms with van der Waals surface area (Å²) in [6, 6.07) is 0. The molecule has 0 bridgehead atoms. The summed E-state index contributed by atoms with van der Waals surface area (Å²) < 4.78 is 21.9. The third kappa shape index (κ3) is 9.10. The van der Waals surface area contributed by atoms with Crippen molar-refractivity contribution < 1.29 is 33.5 Å². The average Bonchev–Trinajstić information content (AvgIpc) is 2.10. The molecule has 1 amide bonds. The molecule has 0 aromatic rings. The molecule has 0 fully saturated rings. The van der Waals surface area contributed by atoms with E-state index in [9.17, 15) is 13.9 Å². The predicted octanol–water partition coefficient (Wildman–Crippen LogP) is -0.00750. The summed E-state index contributed by atoms with van der Waals surface area (Å²) in [5.74, 6) is -1.43. The molecule has 0 radical (unpaired) electrons. The molecule has 0 aromatic heterocycles. The van der Waals surface area contributed by atoms with Crippen LogP contribution in [0.1, 0.15) is 6.92 Å². The van der Waals surface area contributed by atoms with Crippen molar-refractivity contribution in [3.05, 3.63) is 12.2 Å². The summed E-state index contributed by atoms with van der Waals surface area (Å²) in [7, 11) is -7.47. The Morgan fingerprint density at radius 1 is 1.16 bits per heavy atom. The van der Waals surface area contributed by atoms with Crippen molar-refractivity contribution in [2.45, 2.75) is 6.92 Å². The highest BCUT2D eigenvalue weighted by atomic mass is 31.2. The van der Waals surface area contributed by atoms with Gasteiger partial charge in [0.1, 0.15) is 0 Å². The number of amides is 1. The zero-order valence-corrected chi connectivity index (χ0v) is 12.5. The van der Waals surface area contributed by atoms with Gasteiger partial charge in [-0.2, -0.15) is 0 Å². The lowest BCUT2D eigenvalue weighted by atomic mass is 10.2. The monoisotopic (exact) mass is 315 g/mol. The van der Waals surface area contributed by atoms with Gasteiger partial charge in [-0.25, -0.2) is 0 Å². The number of nitrogens with zero attached hydrogens (tertiary/aromatic N) is 1. The van der Waals surface area contributed by atoms with Crippen LogP contribution in [0.2, 0.25) is 0 Å². The Morgan fingerprint density at radius 3 is 1.79 bits per heavy atom. The Labute approximate surface area is 111 Å². The lowest BCUT2D eigenvalue weighted by Crippen LogP contribution is -2.34. The minimum atomic E-state index is -4.42. The Bertz CT molecular complexity index is 414. The van der Waals surface area contributed by atoms with Crippen LogP contribution in [0.3, 0.4) is 0 Å². The molecule has 19 heavy (non-hydrogen) atoms. The molecule has 8 nitrogen and oxygen atoms in total. The Morgan fingerprint density at radius 2 is 1.53 bits per heavy atom. The molecule has 0 unspecified atom stereocenters. The number of hydrogen-bond donors (Lipinski definition) is 4. The summed E-state index contributed by atoms with van der Waals surface area (Å²) in [4.78, 5) is 48.2. The molecular weight excluding hydrogens is 296 g/mol. The van der Waals surface area contributed by atoms with Gasteiger partial charge >= 0.3 is 15.2 Å². The van der Waals surface area contributed by atoms with Crippen molar-refractivity contribution in [1.29, 1.82) is 0 Å². The molecule has 10 heteroatoms. The van der Waals surface area contributed by atoms with Crippen LogP contribution in [0.15, 0.2) is 12.2 Å². The van der Waals surface area contributed by atoms with Gasteiger partial charge in [0.15, 0.2) is 0 Å². The molecule has 0 aromatic carbocycles. The Hall–Kier alpha value is -0.490. The first-order chi connectivity index (χ1) is 8.32. The first-order valence-corrected chi connectivity index (χ1v) is 8.91. The van der Waals surface area contributed by atoms with Crippen LogP contribution in [0.25, 0.3) is 0 Å². The molecule has 0 spiro atoms. The van der Waals surface area contributed by atoms with Crippen molar-refractivity contribution in [2.75, 3.05) is 25.9 Å². The first kappa shape index (κ1) is 18.5. The highest BCUT2D eigenvalue weighted by Crippen LogP contribution is 2.43. The van der Waals surface area contributed by atoms with Gasteiger partial charge in [0.25, 0.3) is 0 Å². The summed E-state index contributed by atoms with van der Waals surface area (Å²) in [5.41, 5.74) is 0.230. The summed E-state index contributed by atoms with van der Waals surface area (Å²) in [6.07, 6.45) is -1.38. The van der Waals surface area contributed by atoms with Crippen LogP contribution >= 0.6 is 15.2 Å². The zero-order chi connectivity index (χ0) is 15.4. The van der Waals surface area contributed by atoms with Crippen molar-refractivity contribution in [3.63, 3.8) is 0 Å². The van der Waals surface area contributed by atoms with E-state index in [1.165, 1.54) is 14.0 Å². The lowest BCUT2D eigenvalue weighted by Gasteiger charge is -2.24. The summed E-state index contributed by atoms with van der Waals surface area (Å²) >= 11 is 0. The fraction of sp³-hybridized carbons (Fsp3) is 0.667. The molecule has 0 aliphatic heterocycles. The topological polar surface area (TPSA) is 135 Å². The zero-order valence-electron chi connectivity index (χ0n) is 10.8. The van der Waals surface area contributed by atoms with E-state index >= 15 is 0 Å². The van der Waals surface area contributed by atoms with Gasteiger partial charge in [-0.1, -0.05) is 6.58 Å². The molecular formula is C9H19NO7P2. The summed E-state index contributed by atoms with van der Waals surface area (Å²) in [6.45, 7) is 4.74. The second-order valence-electron chi connectivity index (χ2n) is 4.53. The second kappa shape index (κ2) is 6.79. The largest absolute Gasteiger partial charge is 0.342 e. The van der Waals surface area contributed by atoms with Crippen LogP contribution in [0, 0.1) is 5.92 Å². The standard InChI is InChI=1S/C9H19NO7P2/c1-7(2)9(11)10(3)4-8(5-18(12,13)14)6-19(15,16)17/h8H,1,4-6H2,2-3H3,(H2,12,13,14)(H2,15,16,17). The third-order valence-electron chi connectivity index (χ3n) is 2.24. The highest BCUT2D eigenvalue weighted by molar-refractivity contribution is 7.52. The quantitative estimate of drug-likeness (QED) is 0.383. The number of rotatable bonds is 7. The first-order valence-electron chi connectivity index (χ1n) is 5.32. The minimum absolute atomic E-state index is 0.165. The molecule has 0 aliphatic carbocycles. The number of carbonyl (C=O) groups excluding carboxylic acids is 1. The molecule has 0 saturated heterocycles. The van der Waals surface area contributed by atoms with E-state index in [4.69, 9.17) is 19.6 Å². The van der Waals surface area contributed by atoms with E-state index in [1.807, 2.05) is 0 Å². The normalized spacial score (nSPS) is 12.6. The van der Waals surface area contributed by atoms with E-state index in [0.29, 0.717) is 0 Å². The maximum Gasteiger partial charge on any atom is 0.325 e. The van der Waals surface area contributed by atoms with Crippen molar-refractivity contribution in [2.24, 2.45) is 5.92 Å². The predicted molar refractivity (Wildman–Crippen MR) is 69.8 cm³/mol. The lowest BCUT2D eigenvalue weighted by molar-refractivity contribution is -0.126. The fourth-order valence-electron chi connectivity index (χ4n) is 1.64. The molecule has 112 valence electrons. The molecule has 4 N–H and O–H groups in total. The number of carbonyl (C=O) groups is 1. The Kier molecular flexibility index (Phi) is 6.62. The van der Waals surface area contributed by atoms with Crippen LogP contribution < -0.4 is 0 Å². The van der Waals surface area contributed by atoms with E-state index in [1.54, 1.807) is 0 Å².